The van der Waals surface area contributed by atoms with Crippen molar-refractivity contribution in [1.29, 1.82) is 0 Å². The van der Waals surface area contributed by atoms with Gasteiger partial charge in [0.05, 0.1) is 12.6 Å². The fraction of sp³-hybridized carbons (Fsp3) is 0.529. The van der Waals surface area contributed by atoms with E-state index in [2.05, 4.69) is 12.2 Å². The highest BCUT2D eigenvalue weighted by Gasteiger charge is 2.31. The Balaban J connectivity index is 1.95. The zero-order chi connectivity index (χ0) is 15.9. The van der Waals surface area contributed by atoms with E-state index in [-0.39, 0.29) is 18.5 Å². The first-order valence-electron chi connectivity index (χ1n) is 7.93. The van der Waals surface area contributed by atoms with E-state index in [1.807, 2.05) is 30.3 Å². The van der Waals surface area contributed by atoms with Crippen molar-refractivity contribution in [1.82, 2.24) is 10.2 Å². The Labute approximate surface area is 131 Å². The van der Waals surface area contributed by atoms with Gasteiger partial charge < -0.3 is 10.4 Å². The van der Waals surface area contributed by atoms with Gasteiger partial charge in [-0.2, -0.15) is 0 Å². The molecular formula is C17H24N2O3. The van der Waals surface area contributed by atoms with Crippen molar-refractivity contribution in [2.45, 2.75) is 44.7 Å². The summed E-state index contributed by atoms with van der Waals surface area (Å²) in [5, 5.41) is 12.2. The van der Waals surface area contributed by atoms with Crippen LogP contribution in [0.1, 0.15) is 44.2 Å². The molecule has 1 unspecified atom stereocenters. The van der Waals surface area contributed by atoms with E-state index in [0.29, 0.717) is 13.0 Å². The average Bonchev–Trinajstić information content (AvgIpc) is 2.96. The summed E-state index contributed by atoms with van der Waals surface area (Å²) in [7, 11) is 0. The maximum atomic E-state index is 12.3. The molecule has 0 bridgehead atoms. The molecule has 1 aromatic carbocycles. The number of carbonyl (C=O) groups excluding carboxylic acids is 1. The van der Waals surface area contributed by atoms with Crippen molar-refractivity contribution in [3.8, 4) is 0 Å². The fourth-order valence-corrected chi connectivity index (χ4v) is 3.02. The summed E-state index contributed by atoms with van der Waals surface area (Å²) >= 11 is 0. The number of likely N-dealkylation sites (tertiary alicyclic amines) is 1. The van der Waals surface area contributed by atoms with Crippen molar-refractivity contribution in [2.75, 3.05) is 13.1 Å². The van der Waals surface area contributed by atoms with E-state index in [9.17, 15) is 9.59 Å². The summed E-state index contributed by atoms with van der Waals surface area (Å²) in [6, 6.07) is 9.37. The van der Waals surface area contributed by atoms with Gasteiger partial charge in [-0.25, -0.2) is 0 Å². The number of hydrogen-bond donors (Lipinski definition) is 2. The largest absolute Gasteiger partial charge is 0.480 e. The van der Waals surface area contributed by atoms with Crippen LogP contribution in [-0.2, 0) is 9.59 Å². The number of aliphatic carboxylic acids is 1. The van der Waals surface area contributed by atoms with E-state index >= 15 is 0 Å². The fourth-order valence-electron chi connectivity index (χ4n) is 3.02. The highest BCUT2D eigenvalue weighted by molar-refractivity contribution is 5.80. The third-order valence-corrected chi connectivity index (χ3v) is 4.11. The van der Waals surface area contributed by atoms with Gasteiger partial charge in [0.25, 0.3) is 0 Å². The van der Waals surface area contributed by atoms with E-state index < -0.39 is 12.0 Å². The number of carboxylic acid groups (broad SMARTS) is 1. The van der Waals surface area contributed by atoms with Crippen molar-refractivity contribution < 1.29 is 14.7 Å². The molecule has 2 rings (SSSR count). The van der Waals surface area contributed by atoms with Gasteiger partial charge in [0.15, 0.2) is 0 Å². The molecule has 5 heteroatoms. The lowest BCUT2D eigenvalue weighted by atomic mass is 10.0. The van der Waals surface area contributed by atoms with Gasteiger partial charge in [-0.15, -0.1) is 0 Å². The summed E-state index contributed by atoms with van der Waals surface area (Å²) in [6.07, 6.45) is 3.31. The summed E-state index contributed by atoms with van der Waals surface area (Å²) < 4.78 is 0. The minimum absolute atomic E-state index is 0.00965. The molecule has 5 nitrogen and oxygen atoms in total. The molecule has 0 spiro atoms. The first-order chi connectivity index (χ1) is 10.6. The number of carbonyl (C=O) groups is 2. The Bertz CT molecular complexity index is 504. The van der Waals surface area contributed by atoms with Crippen LogP contribution < -0.4 is 5.32 Å². The monoisotopic (exact) mass is 304 g/mol. The van der Waals surface area contributed by atoms with E-state index in [4.69, 9.17) is 5.11 Å². The first kappa shape index (κ1) is 16.5. The van der Waals surface area contributed by atoms with Crippen molar-refractivity contribution in [3.05, 3.63) is 35.9 Å². The molecule has 0 saturated carbocycles. The molecule has 22 heavy (non-hydrogen) atoms. The normalized spacial score (nSPS) is 19.8. The van der Waals surface area contributed by atoms with Crippen molar-refractivity contribution in [2.24, 2.45) is 0 Å². The molecule has 1 amide bonds. The molecule has 2 atom stereocenters. The molecule has 1 saturated heterocycles. The molecular weight excluding hydrogens is 280 g/mol. The molecule has 0 aliphatic carbocycles. The summed E-state index contributed by atoms with van der Waals surface area (Å²) in [5.41, 5.74) is 1.09. The third kappa shape index (κ3) is 4.31. The van der Waals surface area contributed by atoms with Crippen LogP contribution in [0.15, 0.2) is 30.3 Å². The van der Waals surface area contributed by atoms with Gasteiger partial charge in [0.1, 0.15) is 6.04 Å². The highest BCUT2D eigenvalue weighted by Crippen LogP contribution is 2.19. The zero-order valence-corrected chi connectivity index (χ0v) is 13.0. The number of amides is 1. The second-order valence-corrected chi connectivity index (χ2v) is 5.79. The van der Waals surface area contributed by atoms with E-state index in [0.717, 1.165) is 24.8 Å². The van der Waals surface area contributed by atoms with Crippen molar-refractivity contribution >= 4 is 11.9 Å². The van der Waals surface area contributed by atoms with Crippen LogP contribution in [0.25, 0.3) is 0 Å². The molecule has 0 radical (unpaired) electrons. The quantitative estimate of drug-likeness (QED) is 0.810. The van der Waals surface area contributed by atoms with E-state index in [1.165, 1.54) is 0 Å². The van der Waals surface area contributed by atoms with Crippen LogP contribution in [0.5, 0.6) is 0 Å². The highest BCUT2D eigenvalue weighted by atomic mass is 16.4. The molecule has 1 aromatic rings. The maximum Gasteiger partial charge on any atom is 0.320 e. The van der Waals surface area contributed by atoms with Crippen molar-refractivity contribution in [3.63, 3.8) is 0 Å². The van der Waals surface area contributed by atoms with Crippen LogP contribution in [0.4, 0.5) is 0 Å². The number of benzene rings is 1. The first-order valence-corrected chi connectivity index (χ1v) is 7.93. The van der Waals surface area contributed by atoms with Crippen LogP contribution in [0.2, 0.25) is 0 Å². The predicted molar refractivity (Wildman–Crippen MR) is 84.5 cm³/mol. The third-order valence-electron chi connectivity index (χ3n) is 4.11. The molecule has 0 aromatic heterocycles. The van der Waals surface area contributed by atoms with Gasteiger partial charge in [-0.1, -0.05) is 43.7 Å². The van der Waals surface area contributed by atoms with Crippen LogP contribution >= 0.6 is 0 Å². The standard InChI is InChI=1S/C17H24N2O3/c1-2-7-14(13-8-4-3-5-9-13)18-16(20)12-19-11-6-10-15(19)17(21)22/h3-5,8-9,14-15H,2,6-7,10-12H2,1H3,(H,18,20)(H,21,22)/t14?,15-/m0/s1. The van der Waals surface area contributed by atoms with Gasteiger partial charge in [-0.05, 0) is 31.4 Å². The van der Waals surface area contributed by atoms with E-state index in [1.54, 1.807) is 4.90 Å². The Kier molecular flexibility index (Phi) is 5.95. The predicted octanol–water partition coefficient (Wildman–Crippen LogP) is 2.19. The Morgan fingerprint density at radius 1 is 1.36 bits per heavy atom. The van der Waals surface area contributed by atoms with Gasteiger partial charge in [0, 0.05) is 0 Å². The summed E-state index contributed by atoms with van der Waals surface area (Å²) in [6.45, 7) is 2.92. The Morgan fingerprint density at radius 3 is 2.73 bits per heavy atom. The Hall–Kier alpha value is -1.88. The average molecular weight is 304 g/mol. The molecule has 1 aliphatic heterocycles. The minimum Gasteiger partial charge on any atom is -0.480 e. The Morgan fingerprint density at radius 2 is 2.09 bits per heavy atom. The number of nitrogens with one attached hydrogen (secondary N) is 1. The van der Waals surface area contributed by atoms with Crippen LogP contribution in [0.3, 0.4) is 0 Å². The topological polar surface area (TPSA) is 69.6 Å². The SMILES string of the molecule is CCCC(NC(=O)CN1CCC[C@H]1C(=O)O)c1ccccc1. The second-order valence-electron chi connectivity index (χ2n) is 5.79. The molecule has 1 aliphatic rings. The number of nitrogens with zero attached hydrogens (tertiary/aromatic N) is 1. The van der Waals surface area contributed by atoms with Crippen LogP contribution in [0, 0.1) is 0 Å². The molecule has 2 N–H and O–H groups in total. The van der Waals surface area contributed by atoms with Gasteiger partial charge in [0.2, 0.25) is 5.91 Å². The smallest absolute Gasteiger partial charge is 0.320 e. The molecule has 1 fully saturated rings. The number of hydrogen-bond acceptors (Lipinski definition) is 3. The van der Waals surface area contributed by atoms with Gasteiger partial charge >= 0.3 is 5.97 Å². The lowest BCUT2D eigenvalue weighted by Gasteiger charge is -2.23. The molecule has 1 heterocycles. The maximum absolute atomic E-state index is 12.3. The zero-order valence-electron chi connectivity index (χ0n) is 13.0. The van der Waals surface area contributed by atoms with Gasteiger partial charge in [-0.3, -0.25) is 14.5 Å². The molecule has 120 valence electrons. The lowest BCUT2D eigenvalue weighted by Crippen LogP contribution is -2.43. The number of carboxylic acids is 1. The number of rotatable bonds is 7. The lowest BCUT2D eigenvalue weighted by molar-refractivity contribution is -0.142. The summed E-state index contributed by atoms with van der Waals surface area (Å²) in [4.78, 5) is 25.2. The van der Waals surface area contributed by atoms with Crippen LogP contribution in [-0.4, -0.2) is 41.0 Å². The summed E-state index contributed by atoms with van der Waals surface area (Å²) in [5.74, 6) is -0.936. The minimum atomic E-state index is -0.835. The second kappa shape index (κ2) is 7.94.